The maximum atomic E-state index is 14.4. The number of ether oxygens (including phenoxy) is 1. The molecule has 2 heterocycles. The number of phenolic OH excluding ortho intramolecular Hbond substituents is 1. The first-order valence-corrected chi connectivity index (χ1v) is 15.3. The van der Waals surface area contributed by atoms with Crippen LogP contribution >= 0.6 is 23.2 Å². The number of hydrogen-bond donors (Lipinski definition) is 1. The van der Waals surface area contributed by atoms with Crippen molar-refractivity contribution in [2.45, 2.75) is 28.5 Å². The molecular formula is C33H24Cl2FN3O8. The number of alkyl halides is 2. The predicted octanol–water partition coefficient (Wildman–Crippen LogP) is 5.22. The van der Waals surface area contributed by atoms with Crippen LogP contribution in [0.2, 0.25) is 0 Å². The number of nitro benzene ring substituents is 1. The number of fused-ring (bicyclic) bond motifs is 4. The van der Waals surface area contributed by atoms with E-state index in [9.17, 15) is 38.8 Å². The molecule has 4 amide bonds. The number of allylic oxidation sites excluding steroid dienone is 2. The van der Waals surface area contributed by atoms with Crippen molar-refractivity contribution >= 4 is 63.9 Å². The number of nitrogens with zero attached hydrogens (tertiary/aromatic N) is 3. The fourth-order valence-electron chi connectivity index (χ4n) is 7.61. The molecule has 4 aliphatic rings. The largest absolute Gasteiger partial charge is 0.508 e. The van der Waals surface area contributed by atoms with Crippen LogP contribution in [0.3, 0.4) is 0 Å². The second-order valence-electron chi connectivity index (χ2n) is 12.0. The molecule has 0 unspecified atom stereocenters. The van der Waals surface area contributed by atoms with Crippen LogP contribution in [0.1, 0.15) is 24.3 Å². The van der Waals surface area contributed by atoms with Gasteiger partial charge in [0.15, 0.2) is 9.75 Å². The highest BCUT2D eigenvalue weighted by atomic mass is 35.5. The van der Waals surface area contributed by atoms with Crippen molar-refractivity contribution < 1.29 is 38.3 Å². The number of non-ortho nitro benzene ring substituents is 1. The minimum absolute atomic E-state index is 0.0239. The molecule has 0 spiro atoms. The van der Waals surface area contributed by atoms with E-state index < -0.39 is 67.8 Å². The monoisotopic (exact) mass is 679 g/mol. The second kappa shape index (κ2) is 10.6. The number of phenols is 1. The third kappa shape index (κ3) is 4.17. The average Bonchev–Trinajstić information content (AvgIpc) is 3.39. The zero-order valence-electron chi connectivity index (χ0n) is 24.4. The Bertz CT molecular complexity index is 1940. The van der Waals surface area contributed by atoms with Crippen molar-refractivity contribution in [3.8, 4) is 11.5 Å². The topological polar surface area (TPSA) is 147 Å². The van der Waals surface area contributed by atoms with Gasteiger partial charge in [0.25, 0.3) is 17.5 Å². The van der Waals surface area contributed by atoms with E-state index >= 15 is 0 Å². The lowest BCUT2D eigenvalue weighted by molar-refractivity contribution is -0.384. The number of anilines is 2. The Kier molecular flexibility index (Phi) is 6.96. The highest BCUT2D eigenvalue weighted by molar-refractivity contribution is 6.58. The standard InChI is InChI=1S/C33H24Cl2FN3O8/c1-47-20-10-13-25(40)23(14-20)27-21-11-12-22-26(29(42)37(28(22)41)17-6-8-19(9-7-17)39(45)46)24(21)15-32(34)30(43)38(31(44)33(27,32)35)18-4-2-16(36)3-5-18/h2-11,13-14,22,24,26-27,40H,12,15H2,1H3/t22-,24+,26-,27+,32+,33-/m0/s1. The molecule has 6 atom stereocenters. The number of rotatable bonds is 5. The normalized spacial score (nSPS) is 29.7. The van der Waals surface area contributed by atoms with Gasteiger partial charge in [0.2, 0.25) is 11.8 Å². The smallest absolute Gasteiger partial charge is 0.269 e. The van der Waals surface area contributed by atoms with Crippen molar-refractivity contribution in [1.82, 2.24) is 0 Å². The summed E-state index contributed by atoms with van der Waals surface area (Å²) in [6.45, 7) is 0. The third-order valence-corrected chi connectivity index (χ3v) is 11.2. The molecule has 3 fully saturated rings. The fraction of sp³-hybridized carbons (Fsp3) is 0.273. The summed E-state index contributed by atoms with van der Waals surface area (Å²) in [6, 6.07) is 13.9. The van der Waals surface area contributed by atoms with Crippen LogP contribution in [0.15, 0.2) is 78.4 Å². The molecule has 11 nitrogen and oxygen atoms in total. The van der Waals surface area contributed by atoms with Crippen LogP contribution < -0.4 is 14.5 Å². The highest BCUT2D eigenvalue weighted by Gasteiger charge is 2.77. The van der Waals surface area contributed by atoms with E-state index in [-0.39, 0.29) is 41.2 Å². The Balaban J connectivity index is 1.39. The molecule has 47 heavy (non-hydrogen) atoms. The van der Waals surface area contributed by atoms with Crippen molar-refractivity contribution in [1.29, 1.82) is 0 Å². The van der Waals surface area contributed by atoms with Gasteiger partial charge in [0.1, 0.15) is 17.3 Å². The van der Waals surface area contributed by atoms with Crippen LogP contribution in [0.4, 0.5) is 21.5 Å². The number of methoxy groups -OCH3 is 1. The summed E-state index contributed by atoms with van der Waals surface area (Å²) in [6.07, 6.45) is 1.46. The van der Waals surface area contributed by atoms with Crippen LogP contribution in [0.25, 0.3) is 0 Å². The molecule has 2 saturated heterocycles. The molecule has 1 N–H and O–H groups in total. The van der Waals surface area contributed by atoms with Gasteiger partial charge in [-0.3, -0.25) is 34.2 Å². The molecule has 3 aromatic carbocycles. The lowest BCUT2D eigenvalue weighted by Crippen LogP contribution is -2.60. The molecule has 0 bridgehead atoms. The predicted molar refractivity (Wildman–Crippen MR) is 167 cm³/mol. The van der Waals surface area contributed by atoms with Crippen molar-refractivity contribution in [3.63, 3.8) is 0 Å². The van der Waals surface area contributed by atoms with E-state index in [1.165, 1.54) is 61.7 Å². The van der Waals surface area contributed by atoms with Gasteiger partial charge >= 0.3 is 0 Å². The first-order chi connectivity index (χ1) is 22.3. The van der Waals surface area contributed by atoms with Gasteiger partial charge < -0.3 is 9.84 Å². The molecule has 14 heteroatoms. The number of carbonyl (C=O) groups excluding carboxylic acids is 4. The minimum Gasteiger partial charge on any atom is -0.508 e. The molecule has 2 aliphatic heterocycles. The highest BCUT2D eigenvalue weighted by Crippen LogP contribution is 2.66. The number of amides is 4. The molecule has 7 rings (SSSR count). The van der Waals surface area contributed by atoms with E-state index in [0.717, 1.165) is 21.9 Å². The lowest BCUT2D eigenvalue weighted by atomic mass is 9.56. The van der Waals surface area contributed by atoms with Crippen molar-refractivity contribution in [2.24, 2.45) is 17.8 Å². The second-order valence-corrected chi connectivity index (χ2v) is 13.2. The Hall–Kier alpha value is -4.81. The lowest BCUT2D eigenvalue weighted by Gasteiger charge is -2.50. The maximum absolute atomic E-state index is 14.4. The first-order valence-electron chi connectivity index (χ1n) is 14.5. The third-order valence-electron chi connectivity index (χ3n) is 9.76. The summed E-state index contributed by atoms with van der Waals surface area (Å²) in [5, 5.41) is 22.4. The van der Waals surface area contributed by atoms with Crippen molar-refractivity contribution in [2.75, 3.05) is 16.9 Å². The van der Waals surface area contributed by atoms with Gasteiger partial charge in [-0.2, -0.15) is 0 Å². The minimum atomic E-state index is -2.23. The molecule has 2 aliphatic carbocycles. The molecule has 240 valence electrons. The number of halogens is 3. The van der Waals surface area contributed by atoms with Crippen LogP contribution in [0.5, 0.6) is 11.5 Å². The SMILES string of the molecule is COc1ccc(O)c([C@H]2C3=CC[C@@H]4C(=O)N(c5ccc([N+](=O)[O-])cc5)C(=O)[C@@H]4[C@@H]3C[C@@]3(Cl)C(=O)N(c4ccc(F)cc4)C(=O)[C@@]23Cl)c1. The first kappa shape index (κ1) is 30.8. The van der Waals surface area contributed by atoms with E-state index in [0.29, 0.717) is 11.3 Å². The van der Waals surface area contributed by atoms with Gasteiger partial charge in [-0.25, -0.2) is 9.29 Å². The van der Waals surface area contributed by atoms with Gasteiger partial charge in [-0.05, 0) is 73.4 Å². The number of carbonyl (C=O) groups is 4. The van der Waals surface area contributed by atoms with Gasteiger partial charge in [-0.1, -0.05) is 11.6 Å². The average molecular weight is 680 g/mol. The summed E-state index contributed by atoms with van der Waals surface area (Å²) in [7, 11) is 1.41. The number of hydrogen-bond acceptors (Lipinski definition) is 8. The maximum Gasteiger partial charge on any atom is 0.269 e. The van der Waals surface area contributed by atoms with Crippen LogP contribution in [0, 0.1) is 33.7 Å². The van der Waals surface area contributed by atoms with Gasteiger partial charge in [0.05, 0.1) is 35.2 Å². The number of benzene rings is 3. The zero-order valence-corrected chi connectivity index (χ0v) is 25.9. The summed E-state index contributed by atoms with van der Waals surface area (Å²) in [5.74, 6) is -7.57. The van der Waals surface area contributed by atoms with Crippen LogP contribution in [-0.2, 0) is 19.2 Å². The van der Waals surface area contributed by atoms with E-state index in [1.54, 1.807) is 6.08 Å². The Labute approximate surface area is 276 Å². The zero-order chi connectivity index (χ0) is 33.6. The van der Waals surface area contributed by atoms with Gasteiger partial charge in [0, 0.05) is 23.6 Å². The molecular weight excluding hydrogens is 656 g/mol. The van der Waals surface area contributed by atoms with E-state index in [4.69, 9.17) is 27.9 Å². The number of imide groups is 2. The summed E-state index contributed by atoms with van der Waals surface area (Å²) in [5.41, 5.74) is 0.497. The van der Waals surface area contributed by atoms with Crippen molar-refractivity contribution in [3.05, 3.63) is 99.9 Å². The molecule has 0 radical (unpaired) electrons. The molecule has 0 aromatic heterocycles. The summed E-state index contributed by atoms with van der Waals surface area (Å²) in [4.78, 5) is 64.6. The quantitative estimate of drug-likeness (QED) is 0.127. The van der Waals surface area contributed by atoms with E-state index in [2.05, 4.69) is 0 Å². The number of aromatic hydroxyl groups is 1. The van der Waals surface area contributed by atoms with Gasteiger partial charge in [-0.15, -0.1) is 23.2 Å². The van der Waals surface area contributed by atoms with Crippen LogP contribution in [-0.4, -0.2) is 50.5 Å². The summed E-state index contributed by atoms with van der Waals surface area (Å²) < 4.78 is 19.2. The Morgan fingerprint density at radius 1 is 0.915 bits per heavy atom. The Morgan fingerprint density at radius 3 is 2.19 bits per heavy atom. The summed E-state index contributed by atoms with van der Waals surface area (Å²) >= 11 is 14.6. The fourth-order valence-corrected chi connectivity index (χ4v) is 8.54. The number of nitro groups is 1. The molecule has 3 aromatic rings. The van der Waals surface area contributed by atoms with E-state index in [1.807, 2.05) is 0 Å². The molecule has 1 saturated carbocycles. The Morgan fingerprint density at radius 2 is 1.55 bits per heavy atom.